The fourth-order valence-electron chi connectivity index (χ4n) is 2.81. The molecule has 0 atom stereocenters. The van der Waals surface area contributed by atoms with Crippen LogP contribution in [-0.2, 0) is 10.0 Å². The minimum Gasteiger partial charge on any atom is -0.371 e. The van der Waals surface area contributed by atoms with Crippen LogP contribution in [0, 0.1) is 0 Å². The Kier molecular flexibility index (Phi) is 3.07. The highest BCUT2D eigenvalue weighted by Gasteiger charge is 2.43. The Morgan fingerprint density at radius 3 is 2.80 bits per heavy atom. The molecule has 1 aliphatic heterocycles. The van der Waals surface area contributed by atoms with Crippen LogP contribution in [0.2, 0.25) is 0 Å². The van der Waals surface area contributed by atoms with Gasteiger partial charge in [-0.3, -0.25) is 4.40 Å². The zero-order valence-electron chi connectivity index (χ0n) is 11.8. The SMILES string of the molecule is CNc1nc2sccn2c1S(=O)(=O)N1CCCC1(C)C. The summed E-state index contributed by atoms with van der Waals surface area (Å²) in [4.78, 5) is 5.03. The lowest BCUT2D eigenvalue weighted by Gasteiger charge is -2.30. The quantitative estimate of drug-likeness (QED) is 0.941. The average Bonchev–Trinajstić information content (AvgIpc) is 3.00. The van der Waals surface area contributed by atoms with Crippen molar-refractivity contribution < 1.29 is 8.42 Å². The lowest BCUT2D eigenvalue weighted by molar-refractivity contribution is 0.291. The van der Waals surface area contributed by atoms with Gasteiger partial charge in [-0.15, -0.1) is 11.3 Å². The van der Waals surface area contributed by atoms with Crippen molar-refractivity contribution in [2.45, 2.75) is 37.3 Å². The largest absolute Gasteiger partial charge is 0.371 e. The molecule has 1 saturated heterocycles. The monoisotopic (exact) mass is 314 g/mol. The molecule has 0 radical (unpaired) electrons. The summed E-state index contributed by atoms with van der Waals surface area (Å²) in [6.45, 7) is 4.51. The summed E-state index contributed by atoms with van der Waals surface area (Å²) in [6, 6.07) is 0. The molecule has 0 unspecified atom stereocenters. The van der Waals surface area contributed by atoms with Gasteiger partial charge in [-0.05, 0) is 26.7 Å². The minimum atomic E-state index is -3.56. The van der Waals surface area contributed by atoms with Gasteiger partial charge in [-0.25, -0.2) is 13.4 Å². The summed E-state index contributed by atoms with van der Waals surface area (Å²) in [5, 5.41) is 4.98. The highest BCUT2D eigenvalue weighted by atomic mass is 32.2. The van der Waals surface area contributed by atoms with Gasteiger partial charge in [-0.2, -0.15) is 4.31 Å². The number of aromatic nitrogens is 2. The molecule has 0 spiro atoms. The molecular formula is C12H18N4O2S2. The first-order valence-electron chi connectivity index (χ1n) is 6.54. The van der Waals surface area contributed by atoms with E-state index in [0.29, 0.717) is 17.3 Å². The van der Waals surface area contributed by atoms with Gasteiger partial charge in [0.1, 0.15) is 0 Å². The Balaban J connectivity index is 2.21. The molecule has 2 aromatic rings. The number of rotatable bonds is 3. The van der Waals surface area contributed by atoms with E-state index in [9.17, 15) is 8.42 Å². The standard InChI is InChI=1S/C12H18N4O2S2/c1-12(2)5-4-6-16(12)20(17,18)10-9(13-3)14-11-15(10)7-8-19-11/h7-8,13H,4-6H2,1-3H3. The van der Waals surface area contributed by atoms with E-state index in [1.165, 1.54) is 11.3 Å². The number of thiazole rings is 1. The maximum atomic E-state index is 13.0. The molecule has 3 rings (SSSR count). The molecule has 3 heterocycles. The van der Waals surface area contributed by atoms with E-state index in [0.717, 1.165) is 12.8 Å². The van der Waals surface area contributed by atoms with E-state index < -0.39 is 10.0 Å². The number of hydrogen-bond acceptors (Lipinski definition) is 5. The number of fused-ring (bicyclic) bond motifs is 1. The zero-order valence-corrected chi connectivity index (χ0v) is 13.4. The minimum absolute atomic E-state index is 0.242. The number of nitrogens with zero attached hydrogens (tertiary/aromatic N) is 3. The van der Waals surface area contributed by atoms with E-state index >= 15 is 0 Å². The number of hydrogen-bond donors (Lipinski definition) is 1. The van der Waals surface area contributed by atoms with Gasteiger partial charge >= 0.3 is 0 Å². The van der Waals surface area contributed by atoms with E-state index in [2.05, 4.69) is 10.3 Å². The van der Waals surface area contributed by atoms with Crippen LogP contribution in [0.1, 0.15) is 26.7 Å². The predicted molar refractivity (Wildman–Crippen MR) is 79.8 cm³/mol. The van der Waals surface area contributed by atoms with Gasteiger partial charge in [0.15, 0.2) is 15.8 Å². The Bertz CT molecular complexity index is 745. The molecule has 1 fully saturated rings. The van der Waals surface area contributed by atoms with Gasteiger partial charge < -0.3 is 5.32 Å². The molecule has 0 aliphatic carbocycles. The van der Waals surface area contributed by atoms with E-state index in [1.54, 1.807) is 22.0 Å². The first-order chi connectivity index (χ1) is 9.38. The Hall–Kier alpha value is -1.12. The van der Waals surface area contributed by atoms with Crippen molar-refractivity contribution in [2.24, 2.45) is 0 Å². The van der Waals surface area contributed by atoms with Crippen molar-refractivity contribution in [1.82, 2.24) is 13.7 Å². The molecule has 1 N–H and O–H groups in total. The Labute approximate surface area is 122 Å². The van der Waals surface area contributed by atoms with Crippen LogP contribution in [0.25, 0.3) is 4.96 Å². The van der Waals surface area contributed by atoms with Crippen LogP contribution in [0.5, 0.6) is 0 Å². The van der Waals surface area contributed by atoms with Crippen molar-refractivity contribution in [3.63, 3.8) is 0 Å². The molecule has 6 nitrogen and oxygen atoms in total. The maximum Gasteiger partial charge on any atom is 0.263 e. The summed E-state index contributed by atoms with van der Waals surface area (Å²) >= 11 is 1.43. The molecule has 0 amide bonds. The second-order valence-corrected chi connectivity index (χ2v) is 8.21. The van der Waals surface area contributed by atoms with Gasteiger partial charge in [-0.1, -0.05) is 0 Å². The van der Waals surface area contributed by atoms with Crippen molar-refractivity contribution in [3.8, 4) is 0 Å². The molecule has 20 heavy (non-hydrogen) atoms. The summed E-state index contributed by atoms with van der Waals surface area (Å²) in [5.41, 5.74) is -0.343. The second kappa shape index (κ2) is 4.44. The van der Waals surface area contributed by atoms with Gasteiger partial charge in [0.25, 0.3) is 10.0 Å². The molecular weight excluding hydrogens is 296 g/mol. The molecule has 0 aromatic carbocycles. The van der Waals surface area contributed by atoms with Crippen LogP contribution in [-0.4, -0.2) is 41.2 Å². The Morgan fingerprint density at radius 2 is 2.20 bits per heavy atom. The normalized spacial score (nSPS) is 19.8. The summed E-state index contributed by atoms with van der Waals surface area (Å²) in [7, 11) is -1.87. The lowest BCUT2D eigenvalue weighted by Crippen LogP contribution is -2.43. The van der Waals surface area contributed by atoms with Crippen LogP contribution >= 0.6 is 11.3 Å². The first kappa shape index (κ1) is 13.8. The van der Waals surface area contributed by atoms with Crippen LogP contribution in [0.3, 0.4) is 0 Å². The number of nitrogens with one attached hydrogen (secondary N) is 1. The molecule has 8 heteroatoms. The van der Waals surface area contributed by atoms with Crippen LogP contribution < -0.4 is 5.32 Å². The van der Waals surface area contributed by atoms with Crippen molar-refractivity contribution in [3.05, 3.63) is 11.6 Å². The van der Waals surface area contributed by atoms with Crippen LogP contribution in [0.4, 0.5) is 5.82 Å². The van der Waals surface area contributed by atoms with Crippen molar-refractivity contribution >= 4 is 32.1 Å². The zero-order chi connectivity index (χ0) is 14.5. The van der Waals surface area contributed by atoms with Crippen molar-refractivity contribution in [1.29, 1.82) is 0 Å². The Morgan fingerprint density at radius 1 is 1.45 bits per heavy atom. The van der Waals surface area contributed by atoms with E-state index in [-0.39, 0.29) is 10.6 Å². The molecule has 0 bridgehead atoms. The third-order valence-electron chi connectivity index (χ3n) is 3.81. The molecule has 110 valence electrons. The fourth-order valence-corrected chi connectivity index (χ4v) is 5.69. The number of sulfonamides is 1. The second-order valence-electron chi connectivity index (χ2n) is 5.56. The van der Waals surface area contributed by atoms with E-state index in [1.807, 2.05) is 19.2 Å². The van der Waals surface area contributed by atoms with Crippen LogP contribution in [0.15, 0.2) is 16.6 Å². The summed E-state index contributed by atoms with van der Waals surface area (Å²) in [6.07, 6.45) is 3.53. The third-order valence-corrected chi connectivity index (χ3v) is 6.71. The number of anilines is 1. The predicted octanol–water partition coefficient (Wildman–Crippen LogP) is 2.00. The van der Waals surface area contributed by atoms with Gasteiger partial charge in [0.2, 0.25) is 0 Å². The highest BCUT2D eigenvalue weighted by Crippen LogP contribution is 2.36. The maximum absolute atomic E-state index is 13.0. The first-order valence-corrected chi connectivity index (χ1v) is 8.86. The summed E-state index contributed by atoms with van der Waals surface area (Å²) < 4.78 is 29.3. The smallest absolute Gasteiger partial charge is 0.263 e. The molecule has 2 aromatic heterocycles. The third kappa shape index (κ3) is 1.86. The number of imidazole rings is 1. The summed E-state index contributed by atoms with van der Waals surface area (Å²) in [5.74, 6) is 0.416. The lowest BCUT2D eigenvalue weighted by atomic mass is 10.0. The topological polar surface area (TPSA) is 66.7 Å². The average molecular weight is 314 g/mol. The fraction of sp³-hybridized carbons (Fsp3) is 0.583. The van der Waals surface area contributed by atoms with Crippen molar-refractivity contribution in [2.75, 3.05) is 18.9 Å². The van der Waals surface area contributed by atoms with Gasteiger partial charge in [0, 0.05) is 30.7 Å². The van der Waals surface area contributed by atoms with E-state index in [4.69, 9.17) is 0 Å². The molecule has 0 saturated carbocycles. The highest BCUT2D eigenvalue weighted by molar-refractivity contribution is 7.89. The molecule has 1 aliphatic rings. The van der Waals surface area contributed by atoms with Gasteiger partial charge in [0.05, 0.1) is 0 Å².